The van der Waals surface area contributed by atoms with Gasteiger partial charge in [0.1, 0.15) is 0 Å². The standard InChI is InChI=1S/C19H30N6O3S2/c1-5-15(6-2)21-17(26)13-29-19-23-22-18(25(19)20)14-10-9-11-16(12-14)30(27,28)24(7-3)8-4/h9-12,15H,5-8,13,20H2,1-4H3,(H,21,26). The Hall–Kier alpha value is -2.11. The molecule has 0 aliphatic heterocycles. The van der Waals surface area contributed by atoms with Gasteiger partial charge < -0.3 is 11.2 Å². The van der Waals surface area contributed by atoms with Crippen LogP contribution in [0.5, 0.6) is 0 Å². The molecule has 9 nitrogen and oxygen atoms in total. The van der Waals surface area contributed by atoms with Crippen LogP contribution in [0.1, 0.15) is 40.5 Å². The zero-order chi connectivity index (χ0) is 22.3. The summed E-state index contributed by atoms with van der Waals surface area (Å²) < 4.78 is 28.2. The maximum absolute atomic E-state index is 12.8. The molecule has 0 radical (unpaired) electrons. The molecule has 0 bridgehead atoms. The van der Waals surface area contributed by atoms with Gasteiger partial charge in [-0.15, -0.1) is 10.2 Å². The molecule has 0 atom stereocenters. The fraction of sp³-hybridized carbons (Fsp3) is 0.526. The minimum atomic E-state index is -3.60. The second kappa shape index (κ2) is 10.8. The van der Waals surface area contributed by atoms with Gasteiger partial charge in [0.05, 0.1) is 10.6 Å². The third-order valence-corrected chi connectivity index (χ3v) is 7.77. The van der Waals surface area contributed by atoms with Gasteiger partial charge in [-0.2, -0.15) is 4.31 Å². The molecule has 0 unspecified atom stereocenters. The van der Waals surface area contributed by atoms with Crippen LogP contribution in [0.2, 0.25) is 0 Å². The van der Waals surface area contributed by atoms with Crippen molar-refractivity contribution in [1.29, 1.82) is 0 Å². The molecule has 11 heteroatoms. The lowest BCUT2D eigenvalue weighted by Crippen LogP contribution is -2.35. The van der Waals surface area contributed by atoms with Crippen LogP contribution in [0.15, 0.2) is 34.3 Å². The molecule has 0 aliphatic rings. The smallest absolute Gasteiger partial charge is 0.243 e. The van der Waals surface area contributed by atoms with Gasteiger partial charge in [0, 0.05) is 24.7 Å². The fourth-order valence-electron chi connectivity index (χ4n) is 2.97. The molecule has 3 N–H and O–H groups in total. The number of hydrogen-bond donors (Lipinski definition) is 2. The molecular formula is C19H30N6O3S2. The fourth-order valence-corrected chi connectivity index (χ4v) is 5.14. The van der Waals surface area contributed by atoms with Crippen LogP contribution in [0.25, 0.3) is 11.4 Å². The molecule has 2 aromatic rings. The Kier molecular flexibility index (Phi) is 8.68. The summed E-state index contributed by atoms with van der Waals surface area (Å²) in [7, 11) is -3.60. The van der Waals surface area contributed by atoms with Crippen LogP contribution in [-0.4, -0.2) is 58.4 Å². The topological polar surface area (TPSA) is 123 Å². The number of carbonyl (C=O) groups excluding carboxylic acids is 1. The number of rotatable bonds is 11. The van der Waals surface area contributed by atoms with E-state index in [1.807, 2.05) is 13.8 Å². The predicted octanol–water partition coefficient (Wildman–Crippen LogP) is 2.09. The number of sulfonamides is 1. The molecule has 0 fully saturated rings. The van der Waals surface area contributed by atoms with E-state index in [0.29, 0.717) is 29.6 Å². The van der Waals surface area contributed by atoms with Gasteiger partial charge in [-0.3, -0.25) is 4.79 Å². The molecule has 0 spiro atoms. The van der Waals surface area contributed by atoms with E-state index in [1.54, 1.807) is 32.0 Å². The maximum Gasteiger partial charge on any atom is 0.243 e. The Morgan fingerprint density at radius 2 is 1.87 bits per heavy atom. The predicted molar refractivity (Wildman–Crippen MR) is 119 cm³/mol. The summed E-state index contributed by atoms with van der Waals surface area (Å²) in [6.07, 6.45) is 1.74. The third kappa shape index (κ3) is 5.52. The first-order valence-electron chi connectivity index (χ1n) is 10.0. The summed E-state index contributed by atoms with van der Waals surface area (Å²) in [5, 5.41) is 11.5. The number of nitrogens with one attached hydrogen (secondary N) is 1. The minimum absolute atomic E-state index is 0.0921. The largest absolute Gasteiger partial charge is 0.353 e. The first kappa shape index (κ1) is 24.2. The highest BCUT2D eigenvalue weighted by atomic mass is 32.2. The number of carbonyl (C=O) groups is 1. The first-order chi connectivity index (χ1) is 14.3. The molecular weight excluding hydrogens is 424 g/mol. The summed E-state index contributed by atoms with van der Waals surface area (Å²) >= 11 is 1.18. The molecule has 1 heterocycles. The van der Waals surface area contributed by atoms with Crippen molar-refractivity contribution in [1.82, 2.24) is 24.5 Å². The normalized spacial score (nSPS) is 11.9. The lowest BCUT2D eigenvalue weighted by atomic mass is 10.2. The van der Waals surface area contributed by atoms with E-state index >= 15 is 0 Å². The monoisotopic (exact) mass is 454 g/mol. The van der Waals surface area contributed by atoms with Gasteiger partial charge in [0.15, 0.2) is 5.82 Å². The Balaban J connectivity index is 2.19. The van der Waals surface area contributed by atoms with Gasteiger partial charge in [-0.1, -0.05) is 51.6 Å². The van der Waals surface area contributed by atoms with E-state index in [4.69, 9.17) is 5.84 Å². The zero-order valence-corrected chi connectivity index (χ0v) is 19.5. The molecule has 1 amide bonds. The average molecular weight is 455 g/mol. The third-order valence-electron chi connectivity index (χ3n) is 4.78. The summed E-state index contributed by atoms with van der Waals surface area (Å²) in [5.74, 6) is 6.53. The highest BCUT2D eigenvalue weighted by Crippen LogP contribution is 2.25. The summed E-state index contributed by atoms with van der Waals surface area (Å²) in [6.45, 7) is 8.41. The van der Waals surface area contributed by atoms with E-state index in [9.17, 15) is 13.2 Å². The molecule has 2 rings (SSSR count). The number of nitrogens with two attached hydrogens (primary N) is 1. The number of thioether (sulfide) groups is 1. The van der Waals surface area contributed by atoms with E-state index in [1.165, 1.54) is 26.8 Å². The van der Waals surface area contributed by atoms with Gasteiger partial charge >= 0.3 is 0 Å². The summed E-state index contributed by atoms with van der Waals surface area (Å²) in [6, 6.07) is 6.61. The van der Waals surface area contributed by atoms with E-state index in [2.05, 4.69) is 15.5 Å². The van der Waals surface area contributed by atoms with Gasteiger partial charge in [-0.05, 0) is 25.0 Å². The second-order valence-electron chi connectivity index (χ2n) is 6.66. The van der Waals surface area contributed by atoms with Crippen molar-refractivity contribution in [3.05, 3.63) is 24.3 Å². The van der Waals surface area contributed by atoms with Crippen LogP contribution in [0.4, 0.5) is 0 Å². The van der Waals surface area contributed by atoms with Crippen molar-refractivity contribution in [2.24, 2.45) is 0 Å². The average Bonchev–Trinajstić information content (AvgIpc) is 3.11. The van der Waals surface area contributed by atoms with Gasteiger partial charge in [0.2, 0.25) is 21.1 Å². The van der Waals surface area contributed by atoms with Crippen LogP contribution in [0, 0.1) is 0 Å². The van der Waals surface area contributed by atoms with E-state index < -0.39 is 10.0 Å². The number of hydrogen-bond acceptors (Lipinski definition) is 7. The lowest BCUT2D eigenvalue weighted by molar-refractivity contribution is -0.119. The molecule has 166 valence electrons. The van der Waals surface area contributed by atoms with Crippen molar-refractivity contribution >= 4 is 27.7 Å². The Morgan fingerprint density at radius 3 is 2.47 bits per heavy atom. The van der Waals surface area contributed by atoms with Crippen LogP contribution in [-0.2, 0) is 14.8 Å². The SMILES string of the molecule is CCC(CC)NC(=O)CSc1nnc(-c2cccc(S(=O)(=O)N(CC)CC)c2)n1N. The Bertz CT molecular complexity index is 953. The zero-order valence-electron chi connectivity index (χ0n) is 17.8. The Morgan fingerprint density at radius 1 is 1.20 bits per heavy atom. The molecule has 0 aliphatic carbocycles. The van der Waals surface area contributed by atoms with E-state index in [-0.39, 0.29) is 22.6 Å². The molecule has 30 heavy (non-hydrogen) atoms. The van der Waals surface area contributed by atoms with E-state index in [0.717, 1.165) is 12.8 Å². The van der Waals surface area contributed by atoms with Crippen molar-refractivity contribution in [2.45, 2.75) is 56.6 Å². The van der Waals surface area contributed by atoms with Crippen molar-refractivity contribution in [3.8, 4) is 11.4 Å². The van der Waals surface area contributed by atoms with Gasteiger partial charge in [-0.25, -0.2) is 13.1 Å². The number of nitrogen functional groups attached to an aromatic ring is 1. The quantitative estimate of drug-likeness (QED) is 0.393. The number of amides is 1. The lowest BCUT2D eigenvalue weighted by Gasteiger charge is -2.18. The molecule has 1 aromatic heterocycles. The van der Waals surface area contributed by atoms with Crippen molar-refractivity contribution < 1.29 is 13.2 Å². The van der Waals surface area contributed by atoms with Crippen molar-refractivity contribution in [3.63, 3.8) is 0 Å². The first-order valence-corrected chi connectivity index (χ1v) is 12.4. The second-order valence-corrected chi connectivity index (χ2v) is 9.54. The maximum atomic E-state index is 12.8. The number of aromatic nitrogens is 3. The molecule has 0 saturated carbocycles. The summed E-state index contributed by atoms with van der Waals surface area (Å²) in [4.78, 5) is 12.3. The van der Waals surface area contributed by atoms with Crippen LogP contribution < -0.4 is 11.2 Å². The molecule has 1 aromatic carbocycles. The number of benzene rings is 1. The highest BCUT2D eigenvalue weighted by Gasteiger charge is 2.23. The van der Waals surface area contributed by atoms with Crippen molar-refractivity contribution in [2.75, 3.05) is 24.7 Å². The van der Waals surface area contributed by atoms with Crippen LogP contribution in [0.3, 0.4) is 0 Å². The highest BCUT2D eigenvalue weighted by molar-refractivity contribution is 7.99. The number of nitrogens with zero attached hydrogens (tertiary/aromatic N) is 4. The Labute approximate surface area is 182 Å². The molecule has 0 saturated heterocycles. The summed E-state index contributed by atoms with van der Waals surface area (Å²) in [5.41, 5.74) is 0.534. The minimum Gasteiger partial charge on any atom is -0.353 e. The van der Waals surface area contributed by atoms with Crippen LogP contribution >= 0.6 is 11.8 Å². The van der Waals surface area contributed by atoms with Gasteiger partial charge in [0.25, 0.3) is 0 Å².